The first-order chi connectivity index (χ1) is 9.63. The molecule has 0 fully saturated rings. The Morgan fingerprint density at radius 3 is 2.85 bits per heavy atom. The Kier molecular flexibility index (Phi) is 3.58. The summed E-state index contributed by atoms with van der Waals surface area (Å²) >= 11 is 1.52. The van der Waals surface area contributed by atoms with E-state index in [1.54, 1.807) is 0 Å². The minimum absolute atomic E-state index is 0.109. The van der Waals surface area contributed by atoms with Gasteiger partial charge in [-0.25, -0.2) is 4.98 Å². The van der Waals surface area contributed by atoms with Gasteiger partial charge in [0, 0.05) is 11.8 Å². The van der Waals surface area contributed by atoms with Crippen LogP contribution in [0.25, 0.3) is 0 Å². The summed E-state index contributed by atoms with van der Waals surface area (Å²) in [4.78, 5) is 4.33. The predicted octanol–water partition coefficient (Wildman–Crippen LogP) is 2.81. The molecule has 0 amide bonds. The van der Waals surface area contributed by atoms with Gasteiger partial charge in [-0.3, -0.25) is 0 Å². The fourth-order valence-corrected chi connectivity index (χ4v) is 2.81. The van der Waals surface area contributed by atoms with E-state index in [-0.39, 0.29) is 12.8 Å². The van der Waals surface area contributed by atoms with Gasteiger partial charge in [0.1, 0.15) is 5.76 Å². The first-order valence-corrected chi connectivity index (χ1v) is 7.34. The molecule has 5 nitrogen and oxygen atoms in total. The van der Waals surface area contributed by atoms with Gasteiger partial charge in [-0.15, -0.1) is 0 Å². The second kappa shape index (κ2) is 5.38. The standard InChI is InChI=1S/C14H16N2O3S/c1-8-9(2)19-14(16-8)20-6-11(15)10-3-4-12-13(5-10)18-7-17-12/h3-5,11H,6-7,15H2,1-2H3. The number of thioether (sulfide) groups is 1. The third kappa shape index (κ3) is 2.62. The minimum Gasteiger partial charge on any atom is -0.454 e. The van der Waals surface area contributed by atoms with Crippen LogP contribution >= 0.6 is 11.8 Å². The first kappa shape index (κ1) is 13.3. The molecule has 1 aliphatic rings. The van der Waals surface area contributed by atoms with Crippen LogP contribution in [-0.4, -0.2) is 17.5 Å². The molecule has 3 rings (SSSR count). The molecule has 106 valence electrons. The number of benzene rings is 1. The van der Waals surface area contributed by atoms with Crippen LogP contribution in [0.1, 0.15) is 23.1 Å². The van der Waals surface area contributed by atoms with Crippen molar-refractivity contribution in [2.75, 3.05) is 12.5 Å². The largest absolute Gasteiger partial charge is 0.454 e. The minimum atomic E-state index is -0.109. The maximum Gasteiger partial charge on any atom is 0.256 e. The monoisotopic (exact) mass is 292 g/mol. The smallest absolute Gasteiger partial charge is 0.256 e. The van der Waals surface area contributed by atoms with Crippen molar-refractivity contribution in [2.45, 2.75) is 25.1 Å². The zero-order valence-electron chi connectivity index (χ0n) is 11.4. The van der Waals surface area contributed by atoms with Crippen molar-refractivity contribution in [3.8, 4) is 11.5 Å². The van der Waals surface area contributed by atoms with Crippen molar-refractivity contribution in [1.82, 2.24) is 4.98 Å². The van der Waals surface area contributed by atoms with E-state index < -0.39 is 0 Å². The lowest BCUT2D eigenvalue weighted by Gasteiger charge is -2.10. The molecule has 20 heavy (non-hydrogen) atoms. The molecular formula is C14H16N2O3S. The van der Waals surface area contributed by atoms with Crippen molar-refractivity contribution in [2.24, 2.45) is 5.73 Å². The molecular weight excluding hydrogens is 276 g/mol. The third-order valence-corrected chi connectivity index (χ3v) is 4.17. The summed E-state index contributed by atoms with van der Waals surface area (Å²) in [5.74, 6) is 3.07. The number of aryl methyl sites for hydroxylation is 2. The zero-order chi connectivity index (χ0) is 14.1. The van der Waals surface area contributed by atoms with Crippen molar-refractivity contribution in [3.63, 3.8) is 0 Å². The van der Waals surface area contributed by atoms with Gasteiger partial charge in [0.05, 0.1) is 5.69 Å². The number of aromatic nitrogens is 1. The zero-order valence-corrected chi connectivity index (χ0v) is 12.2. The normalized spacial score (nSPS) is 14.6. The Hall–Kier alpha value is -1.66. The summed E-state index contributed by atoms with van der Waals surface area (Å²) < 4.78 is 16.2. The highest BCUT2D eigenvalue weighted by molar-refractivity contribution is 7.99. The Balaban J connectivity index is 1.65. The average molecular weight is 292 g/mol. The van der Waals surface area contributed by atoms with Crippen LogP contribution < -0.4 is 15.2 Å². The van der Waals surface area contributed by atoms with E-state index in [1.807, 2.05) is 32.0 Å². The average Bonchev–Trinajstić information content (AvgIpc) is 3.02. The van der Waals surface area contributed by atoms with Crippen molar-refractivity contribution < 1.29 is 13.9 Å². The second-order valence-corrected chi connectivity index (χ2v) is 5.62. The van der Waals surface area contributed by atoms with Gasteiger partial charge in [-0.05, 0) is 31.5 Å². The molecule has 1 aromatic carbocycles. The molecule has 1 atom stereocenters. The molecule has 2 N–H and O–H groups in total. The summed E-state index contributed by atoms with van der Waals surface area (Å²) in [5.41, 5.74) is 8.13. The van der Waals surface area contributed by atoms with E-state index >= 15 is 0 Å². The van der Waals surface area contributed by atoms with Crippen LogP contribution in [0.2, 0.25) is 0 Å². The van der Waals surface area contributed by atoms with Crippen LogP contribution in [0.3, 0.4) is 0 Å². The molecule has 0 radical (unpaired) electrons. The Labute approximate surface area is 121 Å². The molecule has 1 aromatic heterocycles. The van der Waals surface area contributed by atoms with Crippen LogP contribution in [0.4, 0.5) is 0 Å². The molecule has 2 aromatic rings. The van der Waals surface area contributed by atoms with E-state index in [0.29, 0.717) is 11.0 Å². The number of nitrogens with zero attached hydrogens (tertiary/aromatic N) is 1. The number of hydrogen-bond acceptors (Lipinski definition) is 6. The number of ether oxygens (including phenoxy) is 2. The van der Waals surface area contributed by atoms with E-state index in [0.717, 1.165) is 28.5 Å². The van der Waals surface area contributed by atoms with Crippen molar-refractivity contribution >= 4 is 11.8 Å². The van der Waals surface area contributed by atoms with E-state index in [4.69, 9.17) is 19.6 Å². The maximum atomic E-state index is 6.20. The van der Waals surface area contributed by atoms with Crippen molar-refractivity contribution in [3.05, 3.63) is 35.2 Å². The van der Waals surface area contributed by atoms with E-state index in [1.165, 1.54) is 11.8 Å². The SMILES string of the molecule is Cc1nc(SCC(N)c2ccc3c(c2)OCO3)oc1C. The molecule has 1 aliphatic heterocycles. The van der Waals surface area contributed by atoms with Gasteiger partial charge >= 0.3 is 0 Å². The van der Waals surface area contributed by atoms with Gasteiger partial charge in [-0.2, -0.15) is 0 Å². The first-order valence-electron chi connectivity index (χ1n) is 6.35. The molecule has 0 saturated heterocycles. The molecule has 0 spiro atoms. The van der Waals surface area contributed by atoms with Gasteiger partial charge in [-0.1, -0.05) is 17.8 Å². The fraction of sp³-hybridized carbons (Fsp3) is 0.357. The number of nitrogens with two attached hydrogens (primary N) is 1. The highest BCUT2D eigenvalue weighted by atomic mass is 32.2. The fourth-order valence-electron chi connectivity index (χ4n) is 1.91. The maximum absolute atomic E-state index is 6.20. The summed E-state index contributed by atoms with van der Waals surface area (Å²) in [6, 6.07) is 5.67. The highest BCUT2D eigenvalue weighted by Crippen LogP contribution is 2.34. The van der Waals surface area contributed by atoms with Gasteiger partial charge in [0.2, 0.25) is 6.79 Å². The Morgan fingerprint density at radius 1 is 1.30 bits per heavy atom. The lowest BCUT2D eigenvalue weighted by molar-refractivity contribution is 0.174. The predicted molar refractivity (Wildman–Crippen MR) is 76.2 cm³/mol. The topological polar surface area (TPSA) is 70.5 Å². The third-order valence-electron chi connectivity index (χ3n) is 3.22. The van der Waals surface area contributed by atoms with E-state index in [2.05, 4.69) is 4.98 Å². The van der Waals surface area contributed by atoms with E-state index in [9.17, 15) is 0 Å². The van der Waals surface area contributed by atoms with Crippen molar-refractivity contribution in [1.29, 1.82) is 0 Å². The van der Waals surface area contributed by atoms with Crippen LogP contribution in [0.15, 0.2) is 27.8 Å². The summed E-state index contributed by atoms with van der Waals surface area (Å²) in [6.45, 7) is 4.11. The van der Waals surface area contributed by atoms with Crippen LogP contribution in [0, 0.1) is 13.8 Å². The van der Waals surface area contributed by atoms with Gasteiger partial charge < -0.3 is 19.6 Å². The molecule has 6 heteroatoms. The molecule has 2 heterocycles. The molecule has 0 aliphatic carbocycles. The number of oxazole rings is 1. The second-order valence-electron chi connectivity index (χ2n) is 4.65. The summed E-state index contributed by atoms with van der Waals surface area (Å²) in [5, 5.41) is 0.663. The number of hydrogen-bond donors (Lipinski definition) is 1. The lowest BCUT2D eigenvalue weighted by atomic mass is 10.1. The van der Waals surface area contributed by atoms with Gasteiger partial charge in [0.15, 0.2) is 11.5 Å². The lowest BCUT2D eigenvalue weighted by Crippen LogP contribution is -2.12. The number of fused-ring (bicyclic) bond motifs is 1. The Bertz CT molecular complexity index is 607. The molecule has 0 bridgehead atoms. The van der Waals surface area contributed by atoms with Crippen LogP contribution in [0.5, 0.6) is 11.5 Å². The summed E-state index contributed by atoms with van der Waals surface area (Å²) in [6.07, 6.45) is 0. The number of rotatable bonds is 4. The highest BCUT2D eigenvalue weighted by Gasteiger charge is 2.17. The Morgan fingerprint density at radius 2 is 2.10 bits per heavy atom. The molecule has 1 unspecified atom stereocenters. The quantitative estimate of drug-likeness (QED) is 0.874. The molecule has 0 saturated carbocycles. The van der Waals surface area contributed by atoms with Crippen LogP contribution in [-0.2, 0) is 0 Å². The summed E-state index contributed by atoms with van der Waals surface area (Å²) in [7, 11) is 0. The van der Waals surface area contributed by atoms with Gasteiger partial charge in [0.25, 0.3) is 5.22 Å².